The van der Waals surface area contributed by atoms with E-state index in [0.29, 0.717) is 19.4 Å². The molecule has 0 amide bonds. The summed E-state index contributed by atoms with van der Waals surface area (Å²) in [5.41, 5.74) is -1.06. The number of unbranched alkanes of at least 4 members (excludes halogenated alkanes) is 11. The van der Waals surface area contributed by atoms with E-state index in [1.54, 1.807) is 6.92 Å². The van der Waals surface area contributed by atoms with E-state index in [2.05, 4.69) is 19.1 Å². The molecule has 1 heterocycles. The van der Waals surface area contributed by atoms with Crippen molar-refractivity contribution in [1.82, 2.24) is 0 Å². The van der Waals surface area contributed by atoms with Crippen LogP contribution in [0.15, 0.2) is 12.2 Å². The summed E-state index contributed by atoms with van der Waals surface area (Å²) in [6.45, 7) is 4.19. The molecule has 3 unspecified atom stereocenters. The summed E-state index contributed by atoms with van der Waals surface area (Å²) < 4.78 is 10.5. The summed E-state index contributed by atoms with van der Waals surface area (Å²) >= 11 is 0. The zero-order valence-electron chi connectivity index (χ0n) is 19.4. The van der Waals surface area contributed by atoms with Crippen molar-refractivity contribution in [2.45, 2.75) is 128 Å². The highest BCUT2D eigenvalue weighted by atomic mass is 16.6. The minimum atomic E-state index is -1.06. The fraction of sp³-hybridized carbons (Fsp3) is 0.880. The average Bonchev–Trinajstić information content (AvgIpc) is 3.08. The molecule has 2 N–H and O–H groups in total. The minimum Gasteiger partial charge on any atom is -0.463 e. The van der Waals surface area contributed by atoms with E-state index in [4.69, 9.17) is 9.47 Å². The molecule has 0 aliphatic carbocycles. The van der Waals surface area contributed by atoms with Crippen LogP contribution >= 0.6 is 0 Å². The number of carbonyl (C=O) groups excluding carboxylic acids is 1. The largest absolute Gasteiger partial charge is 0.463 e. The number of aliphatic hydroxyl groups is 2. The van der Waals surface area contributed by atoms with Gasteiger partial charge in [-0.3, -0.25) is 4.79 Å². The second-order valence-electron chi connectivity index (χ2n) is 8.98. The Kier molecular flexibility index (Phi) is 15.1. The van der Waals surface area contributed by atoms with Gasteiger partial charge in [-0.15, -0.1) is 0 Å². The van der Waals surface area contributed by atoms with Crippen LogP contribution in [0.1, 0.15) is 110 Å². The third-order valence-corrected chi connectivity index (χ3v) is 5.93. The minimum absolute atomic E-state index is 0.119. The fourth-order valence-corrected chi connectivity index (χ4v) is 3.92. The number of carbonyl (C=O) groups is 1. The Hall–Kier alpha value is -0.910. The fourth-order valence-electron chi connectivity index (χ4n) is 3.92. The first-order valence-electron chi connectivity index (χ1n) is 12.3. The van der Waals surface area contributed by atoms with Crippen LogP contribution in [0, 0.1) is 0 Å². The van der Waals surface area contributed by atoms with Crippen LogP contribution in [0.3, 0.4) is 0 Å². The lowest BCUT2D eigenvalue weighted by Gasteiger charge is -2.27. The van der Waals surface area contributed by atoms with E-state index in [1.165, 1.54) is 64.2 Å². The predicted molar refractivity (Wildman–Crippen MR) is 121 cm³/mol. The monoisotopic (exact) mass is 426 g/mol. The first-order chi connectivity index (χ1) is 14.5. The lowest BCUT2D eigenvalue weighted by atomic mass is 9.94. The molecule has 0 aromatic rings. The lowest BCUT2D eigenvalue weighted by molar-refractivity contribution is -0.154. The van der Waals surface area contributed by atoms with Crippen LogP contribution in [0.25, 0.3) is 0 Å². The molecule has 0 aromatic carbocycles. The van der Waals surface area contributed by atoms with Gasteiger partial charge in [-0.05, 0) is 39.0 Å². The van der Waals surface area contributed by atoms with Crippen molar-refractivity contribution in [3.63, 3.8) is 0 Å². The van der Waals surface area contributed by atoms with Crippen LogP contribution < -0.4 is 0 Å². The molecule has 1 rings (SSSR count). The second kappa shape index (κ2) is 16.7. The van der Waals surface area contributed by atoms with E-state index in [0.717, 1.165) is 19.3 Å². The molecule has 5 heteroatoms. The maximum Gasteiger partial charge on any atom is 0.305 e. The molecular weight excluding hydrogens is 380 g/mol. The molecular formula is C25H46O5. The first-order valence-corrected chi connectivity index (χ1v) is 12.3. The number of hydrogen-bond donors (Lipinski definition) is 2. The number of allylic oxidation sites excluding steroid dienone is 2. The van der Waals surface area contributed by atoms with Gasteiger partial charge in [0.2, 0.25) is 0 Å². The quantitative estimate of drug-likeness (QED) is 0.173. The molecule has 5 nitrogen and oxygen atoms in total. The summed E-state index contributed by atoms with van der Waals surface area (Å²) in [4.78, 5) is 11.8. The Morgan fingerprint density at radius 3 is 2.17 bits per heavy atom. The molecule has 3 atom stereocenters. The van der Waals surface area contributed by atoms with Crippen LogP contribution in [0.4, 0.5) is 0 Å². The first kappa shape index (κ1) is 27.1. The van der Waals surface area contributed by atoms with Crippen LogP contribution in [-0.4, -0.2) is 47.2 Å². The van der Waals surface area contributed by atoms with Gasteiger partial charge in [-0.25, -0.2) is 0 Å². The maximum atomic E-state index is 11.8. The molecule has 0 aromatic heterocycles. The van der Waals surface area contributed by atoms with Crippen molar-refractivity contribution in [2.24, 2.45) is 0 Å². The second-order valence-corrected chi connectivity index (χ2v) is 8.98. The van der Waals surface area contributed by atoms with Gasteiger partial charge in [-0.2, -0.15) is 0 Å². The Morgan fingerprint density at radius 2 is 1.60 bits per heavy atom. The van der Waals surface area contributed by atoms with Crippen molar-refractivity contribution in [2.75, 3.05) is 13.2 Å². The van der Waals surface area contributed by atoms with Gasteiger partial charge in [-0.1, -0.05) is 70.4 Å². The Bertz CT molecular complexity index is 460. The normalized spacial score (nSPS) is 22.6. The van der Waals surface area contributed by atoms with E-state index in [9.17, 15) is 15.0 Å². The highest BCUT2D eigenvalue weighted by molar-refractivity contribution is 5.69. The molecule has 0 saturated carbocycles. The zero-order valence-corrected chi connectivity index (χ0v) is 19.4. The smallest absolute Gasteiger partial charge is 0.305 e. The number of hydrogen-bond acceptors (Lipinski definition) is 5. The SMILES string of the molecule is CCCCCCC/C=C/CCCCCCCCC(=O)OCC(O)C1OCCC1(C)O. The van der Waals surface area contributed by atoms with Gasteiger partial charge < -0.3 is 19.7 Å². The summed E-state index contributed by atoms with van der Waals surface area (Å²) in [6.07, 6.45) is 19.7. The molecule has 0 radical (unpaired) electrons. The number of esters is 1. The highest BCUT2D eigenvalue weighted by Gasteiger charge is 2.42. The third-order valence-electron chi connectivity index (χ3n) is 5.93. The molecule has 0 bridgehead atoms. The van der Waals surface area contributed by atoms with E-state index in [-0.39, 0.29) is 12.6 Å². The lowest BCUT2D eigenvalue weighted by Crippen LogP contribution is -2.45. The van der Waals surface area contributed by atoms with Crippen LogP contribution in [0.2, 0.25) is 0 Å². The van der Waals surface area contributed by atoms with Crippen LogP contribution in [0.5, 0.6) is 0 Å². The molecule has 1 aliphatic heterocycles. The van der Waals surface area contributed by atoms with Gasteiger partial charge in [0.25, 0.3) is 0 Å². The zero-order chi connectivity index (χ0) is 22.1. The number of aliphatic hydroxyl groups excluding tert-OH is 1. The van der Waals surface area contributed by atoms with Crippen molar-refractivity contribution < 1.29 is 24.5 Å². The van der Waals surface area contributed by atoms with Gasteiger partial charge in [0.05, 0.1) is 12.2 Å². The summed E-state index contributed by atoms with van der Waals surface area (Å²) in [7, 11) is 0. The summed E-state index contributed by atoms with van der Waals surface area (Å²) in [6, 6.07) is 0. The predicted octanol–water partition coefficient (Wildman–Crippen LogP) is 5.47. The molecule has 1 fully saturated rings. The van der Waals surface area contributed by atoms with Crippen molar-refractivity contribution >= 4 is 5.97 Å². The average molecular weight is 427 g/mol. The van der Waals surface area contributed by atoms with Crippen molar-refractivity contribution in [1.29, 1.82) is 0 Å². The Morgan fingerprint density at radius 1 is 1.03 bits per heavy atom. The highest BCUT2D eigenvalue weighted by Crippen LogP contribution is 2.27. The van der Waals surface area contributed by atoms with Gasteiger partial charge >= 0.3 is 5.97 Å². The Balaban J connectivity index is 1.88. The van der Waals surface area contributed by atoms with Crippen molar-refractivity contribution in [3.8, 4) is 0 Å². The molecule has 176 valence electrons. The van der Waals surface area contributed by atoms with Crippen LogP contribution in [-0.2, 0) is 14.3 Å². The van der Waals surface area contributed by atoms with E-state index in [1.807, 2.05) is 0 Å². The van der Waals surface area contributed by atoms with E-state index >= 15 is 0 Å². The summed E-state index contributed by atoms with van der Waals surface area (Å²) in [5.74, 6) is -0.286. The molecule has 1 aliphatic rings. The standard InChI is InChI=1S/C25H46O5/c1-3-4-5-6-7-8-9-10-11-12-13-14-15-16-17-18-23(27)30-21-22(26)24-25(2,28)19-20-29-24/h9-10,22,24,26,28H,3-8,11-21H2,1-2H3/b10-9+. The van der Waals surface area contributed by atoms with E-state index < -0.39 is 17.8 Å². The molecule has 30 heavy (non-hydrogen) atoms. The van der Waals surface area contributed by atoms with Crippen molar-refractivity contribution in [3.05, 3.63) is 12.2 Å². The summed E-state index contributed by atoms with van der Waals surface area (Å²) in [5, 5.41) is 20.2. The molecule has 1 saturated heterocycles. The van der Waals surface area contributed by atoms with Gasteiger partial charge in [0.15, 0.2) is 0 Å². The third kappa shape index (κ3) is 12.7. The number of rotatable bonds is 18. The maximum absolute atomic E-state index is 11.8. The molecule has 0 spiro atoms. The van der Waals surface area contributed by atoms with Gasteiger partial charge in [0, 0.05) is 12.8 Å². The van der Waals surface area contributed by atoms with Gasteiger partial charge in [0.1, 0.15) is 18.8 Å². The number of ether oxygens (including phenoxy) is 2. The topological polar surface area (TPSA) is 76.0 Å². The Labute approximate surface area is 184 Å².